The molecule has 0 atom stereocenters. The minimum atomic E-state index is -0.787. The first kappa shape index (κ1) is 12.9. The number of hydrogen-bond acceptors (Lipinski definition) is 4. The predicted octanol–water partition coefficient (Wildman–Crippen LogP) is -0.808. The average molecular weight is 221 g/mol. The molecule has 0 radical (unpaired) electrons. The van der Waals surface area contributed by atoms with Gasteiger partial charge in [-0.2, -0.15) is 0 Å². The summed E-state index contributed by atoms with van der Waals surface area (Å²) in [7, 11) is 1.61. The van der Waals surface area contributed by atoms with E-state index in [2.05, 4.69) is 15.4 Å². The summed E-state index contributed by atoms with van der Waals surface area (Å²) in [6.45, 7) is 1.85. The van der Waals surface area contributed by atoms with Crippen molar-refractivity contribution in [3.8, 4) is 0 Å². The van der Waals surface area contributed by atoms with E-state index in [0.717, 1.165) is 0 Å². The van der Waals surface area contributed by atoms with E-state index in [9.17, 15) is 4.79 Å². The van der Waals surface area contributed by atoms with Crippen LogP contribution < -0.4 is 16.4 Å². The quantitative estimate of drug-likeness (QED) is 0.402. The normalized spacial score (nSPS) is 9.21. The van der Waals surface area contributed by atoms with Crippen molar-refractivity contribution in [1.82, 2.24) is 10.6 Å². The Bertz CT molecular complexity index is 189. The fourth-order valence-electron chi connectivity index (χ4n) is 0.645. The van der Waals surface area contributed by atoms with E-state index in [1.165, 1.54) is 0 Å². The van der Waals surface area contributed by atoms with Crippen LogP contribution in [0.15, 0.2) is 0 Å². The first-order valence-electron chi connectivity index (χ1n) is 4.09. The Labute approximate surface area is 88.1 Å². The number of rotatable bonds is 6. The van der Waals surface area contributed by atoms with E-state index in [0.29, 0.717) is 24.8 Å². The van der Waals surface area contributed by atoms with Crippen molar-refractivity contribution >= 4 is 23.4 Å². The molecule has 0 aliphatic rings. The van der Waals surface area contributed by atoms with E-state index in [-0.39, 0.29) is 6.61 Å². The smallest absolute Gasteiger partial charge is 0.404 e. The molecule has 0 fully saturated rings. The van der Waals surface area contributed by atoms with E-state index >= 15 is 0 Å². The molecule has 1 amide bonds. The van der Waals surface area contributed by atoms with Gasteiger partial charge in [0.1, 0.15) is 6.61 Å². The van der Waals surface area contributed by atoms with Gasteiger partial charge in [0.2, 0.25) is 0 Å². The lowest BCUT2D eigenvalue weighted by Gasteiger charge is -2.09. The molecule has 0 aromatic heterocycles. The SMILES string of the molecule is COCCNC(=S)NCCOC(N)=O. The number of methoxy groups -OCH3 is 1. The largest absolute Gasteiger partial charge is 0.448 e. The highest BCUT2D eigenvalue weighted by molar-refractivity contribution is 7.80. The van der Waals surface area contributed by atoms with E-state index in [1.54, 1.807) is 7.11 Å². The van der Waals surface area contributed by atoms with Gasteiger partial charge < -0.3 is 25.8 Å². The lowest BCUT2D eigenvalue weighted by Crippen LogP contribution is -2.38. The number of nitrogens with two attached hydrogens (primary N) is 1. The lowest BCUT2D eigenvalue weighted by molar-refractivity contribution is 0.159. The molecule has 0 aromatic rings. The molecule has 82 valence electrons. The van der Waals surface area contributed by atoms with Gasteiger partial charge in [-0.05, 0) is 12.2 Å². The molecule has 0 spiro atoms. The number of primary amides is 1. The molecule has 0 aliphatic heterocycles. The number of ether oxygens (including phenoxy) is 2. The third kappa shape index (κ3) is 9.01. The van der Waals surface area contributed by atoms with E-state index < -0.39 is 6.09 Å². The molecule has 0 aliphatic carbocycles. The van der Waals surface area contributed by atoms with Crippen molar-refractivity contribution < 1.29 is 14.3 Å². The Morgan fingerprint density at radius 3 is 2.43 bits per heavy atom. The highest BCUT2D eigenvalue weighted by Gasteiger charge is 1.95. The molecule has 7 heteroatoms. The van der Waals surface area contributed by atoms with Gasteiger partial charge in [0.15, 0.2) is 5.11 Å². The second kappa shape index (κ2) is 8.52. The summed E-state index contributed by atoms with van der Waals surface area (Å²) >= 11 is 4.90. The van der Waals surface area contributed by atoms with E-state index in [1.807, 2.05) is 0 Å². The van der Waals surface area contributed by atoms with Gasteiger partial charge in [0, 0.05) is 13.7 Å². The lowest BCUT2D eigenvalue weighted by atomic mass is 10.6. The van der Waals surface area contributed by atoms with Crippen LogP contribution in [0.5, 0.6) is 0 Å². The highest BCUT2D eigenvalue weighted by atomic mass is 32.1. The number of carbonyl (C=O) groups excluding carboxylic acids is 1. The van der Waals surface area contributed by atoms with Crippen LogP contribution in [0.1, 0.15) is 0 Å². The van der Waals surface area contributed by atoms with Gasteiger partial charge in [0.25, 0.3) is 0 Å². The second-order valence-corrected chi connectivity index (χ2v) is 2.75. The summed E-state index contributed by atoms with van der Waals surface area (Å²) in [5.74, 6) is 0. The van der Waals surface area contributed by atoms with Crippen molar-refractivity contribution in [1.29, 1.82) is 0 Å². The maximum absolute atomic E-state index is 10.2. The molecular formula is C7H15N3O3S. The van der Waals surface area contributed by atoms with Crippen LogP contribution >= 0.6 is 12.2 Å². The van der Waals surface area contributed by atoms with Gasteiger partial charge in [0.05, 0.1) is 13.2 Å². The zero-order valence-corrected chi connectivity index (χ0v) is 8.86. The van der Waals surface area contributed by atoms with Crippen molar-refractivity contribution in [2.45, 2.75) is 0 Å². The standard InChI is InChI=1S/C7H15N3O3S/c1-12-4-2-9-7(14)10-3-5-13-6(8)11/h2-5H2,1H3,(H2,8,11)(H2,9,10,14). The Morgan fingerprint density at radius 2 is 1.93 bits per heavy atom. The van der Waals surface area contributed by atoms with Crippen LogP contribution in [0.2, 0.25) is 0 Å². The summed E-state index contributed by atoms with van der Waals surface area (Å²) in [5.41, 5.74) is 4.75. The molecule has 0 bridgehead atoms. The molecule has 0 unspecified atom stereocenters. The van der Waals surface area contributed by atoms with Gasteiger partial charge in [-0.3, -0.25) is 0 Å². The number of carbonyl (C=O) groups is 1. The maximum Gasteiger partial charge on any atom is 0.404 e. The second-order valence-electron chi connectivity index (χ2n) is 2.34. The van der Waals surface area contributed by atoms with Gasteiger partial charge in [-0.25, -0.2) is 4.79 Å². The monoisotopic (exact) mass is 221 g/mol. The summed E-state index contributed by atoms with van der Waals surface area (Å²) in [6.07, 6.45) is -0.787. The molecule has 14 heavy (non-hydrogen) atoms. The Kier molecular flexibility index (Phi) is 7.86. The van der Waals surface area contributed by atoms with Gasteiger partial charge in [-0.15, -0.1) is 0 Å². The van der Waals surface area contributed by atoms with Crippen LogP contribution in [0.25, 0.3) is 0 Å². The average Bonchev–Trinajstić information content (AvgIpc) is 2.13. The summed E-state index contributed by atoms with van der Waals surface area (Å²) in [6, 6.07) is 0. The first-order chi connectivity index (χ1) is 6.66. The number of hydrogen-bond donors (Lipinski definition) is 3. The summed E-state index contributed by atoms with van der Waals surface area (Å²) in [5, 5.41) is 6.22. The fraction of sp³-hybridized carbons (Fsp3) is 0.714. The molecule has 4 N–H and O–H groups in total. The molecule has 0 saturated carbocycles. The Balaban J connectivity index is 3.22. The van der Waals surface area contributed by atoms with Crippen LogP contribution in [0.3, 0.4) is 0 Å². The highest BCUT2D eigenvalue weighted by Crippen LogP contribution is 1.73. The third-order valence-electron chi connectivity index (χ3n) is 1.22. The van der Waals surface area contributed by atoms with Crippen molar-refractivity contribution in [3.05, 3.63) is 0 Å². The topological polar surface area (TPSA) is 85.6 Å². The minimum absolute atomic E-state index is 0.196. The van der Waals surface area contributed by atoms with Gasteiger partial charge in [-0.1, -0.05) is 0 Å². The number of amides is 1. The van der Waals surface area contributed by atoms with Crippen LogP contribution in [-0.2, 0) is 9.47 Å². The maximum atomic E-state index is 10.2. The third-order valence-corrected chi connectivity index (χ3v) is 1.51. The number of thiocarbonyl (C=S) groups is 1. The van der Waals surface area contributed by atoms with Crippen molar-refractivity contribution in [2.75, 3.05) is 33.4 Å². The summed E-state index contributed by atoms with van der Waals surface area (Å²) < 4.78 is 9.30. The fourth-order valence-corrected chi connectivity index (χ4v) is 0.849. The van der Waals surface area contributed by atoms with Crippen molar-refractivity contribution in [2.24, 2.45) is 5.73 Å². The molecule has 0 rings (SSSR count). The van der Waals surface area contributed by atoms with Crippen LogP contribution in [-0.4, -0.2) is 44.6 Å². The van der Waals surface area contributed by atoms with Crippen LogP contribution in [0, 0.1) is 0 Å². The molecule has 0 saturated heterocycles. The van der Waals surface area contributed by atoms with Crippen LogP contribution in [0.4, 0.5) is 4.79 Å². The zero-order chi connectivity index (χ0) is 10.8. The first-order valence-corrected chi connectivity index (χ1v) is 4.50. The Morgan fingerprint density at radius 1 is 1.36 bits per heavy atom. The molecule has 0 heterocycles. The summed E-state index contributed by atoms with van der Waals surface area (Å²) in [4.78, 5) is 10.2. The predicted molar refractivity (Wildman–Crippen MR) is 56.0 cm³/mol. The van der Waals surface area contributed by atoms with Gasteiger partial charge >= 0.3 is 6.09 Å². The minimum Gasteiger partial charge on any atom is -0.448 e. The zero-order valence-electron chi connectivity index (χ0n) is 8.04. The molecule has 0 aromatic carbocycles. The Hall–Kier alpha value is -1.08. The molecular weight excluding hydrogens is 206 g/mol. The van der Waals surface area contributed by atoms with E-state index in [4.69, 9.17) is 22.7 Å². The van der Waals surface area contributed by atoms with Crippen molar-refractivity contribution in [3.63, 3.8) is 0 Å². The number of nitrogens with one attached hydrogen (secondary N) is 2. The molecule has 6 nitrogen and oxygen atoms in total.